The molecule has 2 aromatic rings. The van der Waals surface area contributed by atoms with E-state index in [1.54, 1.807) is 0 Å². The van der Waals surface area contributed by atoms with Gasteiger partial charge in [0, 0.05) is 17.0 Å². The summed E-state index contributed by atoms with van der Waals surface area (Å²) in [6.45, 7) is -0.288. The van der Waals surface area contributed by atoms with E-state index in [0.29, 0.717) is 23.1 Å². The van der Waals surface area contributed by atoms with Crippen molar-refractivity contribution in [2.45, 2.75) is 63.8 Å². The molecule has 2 fully saturated rings. The predicted molar refractivity (Wildman–Crippen MR) is 106 cm³/mol. The topological polar surface area (TPSA) is 46.9 Å². The van der Waals surface area contributed by atoms with E-state index in [1.807, 2.05) is 0 Å². The first-order valence-corrected chi connectivity index (χ1v) is 10.6. The molecule has 1 atom stereocenters. The fourth-order valence-corrected chi connectivity index (χ4v) is 4.42. The van der Waals surface area contributed by atoms with Crippen molar-refractivity contribution in [3.8, 4) is 11.3 Å². The molecular weight excluding hydrogens is 455 g/mol. The summed E-state index contributed by atoms with van der Waals surface area (Å²) in [5.74, 6) is -3.32. The molecule has 180 valence electrons. The Morgan fingerprint density at radius 1 is 1.15 bits per heavy atom. The van der Waals surface area contributed by atoms with Gasteiger partial charge in [-0.2, -0.15) is 31.4 Å². The number of hydrogen-bond acceptors (Lipinski definition) is 2. The van der Waals surface area contributed by atoms with Crippen LogP contribution in [-0.2, 0) is 11.3 Å². The summed E-state index contributed by atoms with van der Waals surface area (Å²) in [5, 5.41) is 6.37. The number of anilines is 1. The molecule has 2 saturated carbocycles. The molecule has 2 aliphatic carbocycles. The van der Waals surface area contributed by atoms with Crippen LogP contribution in [0.3, 0.4) is 0 Å². The summed E-state index contributed by atoms with van der Waals surface area (Å²) < 4.78 is 94.4. The van der Waals surface area contributed by atoms with Gasteiger partial charge in [0.05, 0.1) is 11.1 Å². The molecule has 1 aromatic carbocycles. The standard InChI is InChI=1S/C22H22F7N3O/c1-12(20(9-10-20)22(27,28)29)19(33)30-18-16(13-3-2-4-13)17(14-5-7-15(23)8-6-14)32(31-18)11-21(24,25)26/h5-8,12-13H,2-4,9-11H2,1H3,(H,30,31,33)/t12-/m1/s1. The van der Waals surface area contributed by atoms with Gasteiger partial charge in [0.2, 0.25) is 5.91 Å². The van der Waals surface area contributed by atoms with Crippen molar-refractivity contribution in [2.75, 3.05) is 5.32 Å². The van der Waals surface area contributed by atoms with Crippen LogP contribution < -0.4 is 5.32 Å². The predicted octanol–water partition coefficient (Wildman–Crippen LogP) is 6.44. The van der Waals surface area contributed by atoms with E-state index in [0.717, 1.165) is 18.6 Å². The summed E-state index contributed by atoms with van der Waals surface area (Å²) >= 11 is 0. The molecule has 1 N–H and O–H groups in total. The van der Waals surface area contributed by atoms with Crippen molar-refractivity contribution in [3.05, 3.63) is 35.6 Å². The Bertz CT molecular complexity index is 1030. The van der Waals surface area contributed by atoms with Crippen molar-refractivity contribution < 1.29 is 35.5 Å². The van der Waals surface area contributed by atoms with Crippen molar-refractivity contribution in [2.24, 2.45) is 11.3 Å². The zero-order chi connectivity index (χ0) is 24.2. The van der Waals surface area contributed by atoms with Gasteiger partial charge in [-0.15, -0.1) is 0 Å². The Morgan fingerprint density at radius 3 is 2.21 bits per heavy atom. The highest BCUT2D eigenvalue weighted by Gasteiger charge is 2.67. The molecule has 0 saturated heterocycles. The third-order valence-corrected chi connectivity index (χ3v) is 6.77. The molecular formula is C22H22F7N3O. The Hall–Kier alpha value is -2.59. The lowest BCUT2D eigenvalue weighted by molar-refractivity contribution is -0.201. The number of alkyl halides is 6. The molecule has 0 spiro atoms. The third kappa shape index (κ3) is 4.46. The molecule has 0 aliphatic heterocycles. The summed E-state index contributed by atoms with van der Waals surface area (Å²) in [6, 6.07) is 4.84. The Balaban J connectivity index is 1.75. The van der Waals surface area contributed by atoms with Gasteiger partial charge < -0.3 is 5.32 Å². The van der Waals surface area contributed by atoms with E-state index in [-0.39, 0.29) is 35.8 Å². The van der Waals surface area contributed by atoms with Crippen LogP contribution in [0.25, 0.3) is 11.3 Å². The Labute approximate surface area is 185 Å². The number of halogens is 7. The Kier molecular flexibility index (Phi) is 5.73. The minimum atomic E-state index is -4.64. The minimum Gasteiger partial charge on any atom is -0.309 e. The molecule has 1 amide bonds. The monoisotopic (exact) mass is 477 g/mol. The highest BCUT2D eigenvalue weighted by Crippen LogP contribution is 2.62. The van der Waals surface area contributed by atoms with E-state index in [9.17, 15) is 35.5 Å². The first-order valence-electron chi connectivity index (χ1n) is 10.6. The van der Waals surface area contributed by atoms with Gasteiger partial charge >= 0.3 is 12.4 Å². The number of aromatic nitrogens is 2. The van der Waals surface area contributed by atoms with E-state index in [4.69, 9.17) is 0 Å². The first-order chi connectivity index (χ1) is 15.3. The number of nitrogens with zero attached hydrogens (tertiary/aromatic N) is 2. The number of nitrogens with one attached hydrogen (secondary N) is 1. The van der Waals surface area contributed by atoms with E-state index in [1.165, 1.54) is 19.1 Å². The fourth-order valence-electron chi connectivity index (χ4n) is 4.42. The fraction of sp³-hybridized carbons (Fsp3) is 0.545. The summed E-state index contributed by atoms with van der Waals surface area (Å²) in [4.78, 5) is 12.8. The second kappa shape index (κ2) is 8.02. The minimum absolute atomic E-state index is 0.0805. The van der Waals surface area contributed by atoms with Crippen LogP contribution in [0, 0.1) is 17.2 Å². The largest absolute Gasteiger partial charge is 0.408 e. The van der Waals surface area contributed by atoms with E-state index < -0.39 is 42.0 Å². The number of hydrogen-bond donors (Lipinski definition) is 1. The lowest BCUT2D eigenvalue weighted by atomic mass is 9.78. The number of benzene rings is 1. The van der Waals surface area contributed by atoms with Crippen LogP contribution in [0.15, 0.2) is 24.3 Å². The van der Waals surface area contributed by atoms with Crippen LogP contribution in [-0.4, -0.2) is 28.0 Å². The van der Waals surface area contributed by atoms with Gasteiger partial charge in [0.1, 0.15) is 12.4 Å². The molecule has 0 radical (unpaired) electrons. The summed E-state index contributed by atoms with van der Waals surface area (Å²) in [6.07, 6.45) is -7.46. The maximum atomic E-state index is 13.5. The van der Waals surface area contributed by atoms with Crippen molar-refractivity contribution in [1.82, 2.24) is 9.78 Å². The first kappa shape index (κ1) is 23.6. The van der Waals surface area contributed by atoms with Crippen LogP contribution in [0.2, 0.25) is 0 Å². The summed E-state index contributed by atoms with van der Waals surface area (Å²) in [7, 11) is 0. The highest BCUT2D eigenvalue weighted by atomic mass is 19.4. The van der Waals surface area contributed by atoms with Crippen LogP contribution >= 0.6 is 0 Å². The van der Waals surface area contributed by atoms with Gasteiger partial charge in [-0.05, 0) is 55.9 Å². The van der Waals surface area contributed by atoms with Crippen molar-refractivity contribution in [3.63, 3.8) is 0 Å². The molecule has 1 aromatic heterocycles. The molecule has 0 unspecified atom stereocenters. The lowest BCUT2D eigenvalue weighted by Gasteiger charge is -2.28. The van der Waals surface area contributed by atoms with Gasteiger partial charge in [0.15, 0.2) is 5.82 Å². The number of carbonyl (C=O) groups is 1. The maximum absolute atomic E-state index is 13.5. The number of carbonyl (C=O) groups excluding carboxylic acids is 1. The van der Waals surface area contributed by atoms with Gasteiger partial charge in [0.25, 0.3) is 0 Å². The van der Waals surface area contributed by atoms with Crippen molar-refractivity contribution in [1.29, 1.82) is 0 Å². The van der Waals surface area contributed by atoms with Crippen LogP contribution in [0.1, 0.15) is 50.5 Å². The molecule has 0 bridgehead atoms. The second-order valence-corrected chi connectivity index (χ2v) is 8.88. The molecule has 2 aliphatic rings. The maximum Gasteiger partial charge on any atom is 0.408 e. The van der Waals surface area contributed by atoms with Crippen molar-refractivity contribution >= 4 is 11.7 Å². The van der Waals surface area contributed by atoms with E-state index >= 15 is 0 Å². The number of amides is 1. The van der Waals surface area contributed by atoms with Crippen LogP contribution in [0.5, 0.6) is 0 Å². The Morgan fingerprint density at radius 2 is 1.76 bits per heavy atom. The molecule has 33 heavy (non-hydrogen) atoms. The SMILES string of the molecule is C[C@H](C(=O)Nc1nn(CC(F)(F)F)c(-c2ccc(F)cc2)c1C1CCC1)C1(C(F)(F)F)CC1. The average molecular weight is 477 g/mol. The number of rotatable bonds is 6. The zero-order valence-electron chi connectivity index (χ0n) is 17.7. The summed E-state index contributed by atoms with van der Waals surface area (Å²) in [5.41, 5.74) is -1.42. The smallest absolute Gasteiger partial charge is 0.309 e. The average Bonchev–Trinajstić information content (AvgIpc) is 3.41. The third-order valence-electron chi connectivity index (χ3n) is 6.77. The molecule has 11 heteroatoms. The molecule has 1 heterocycles. The van der Waals surface area contributed by atoms with Gasteiger partial charge in [-0.3, -0.25) is 9.48 Å². The van der Waals surface area contributed by atoms with E-state index in [2.05, 4.69) is 10.4 Å². The molecule has 4 nitrogen and oxygen atoms in total. The highest BCUT2D eigenvalue weighted by molar-refractivity contribution is 5.94. The van der Waals surface area contributed by atoms with Gasteiger partial charge in [-0.1, -0.05) is 13.3 Å². The zero-order valence-corrected chi connectivity index (χ0v) is 17.7. The quantitative estimate of drug-likeness (QED) is 0.487. The van der Waals surface area contributed by atoms with Crippen LogP contribution in [0.4, 0.5) is 36.6 Å². The lowest BCUT2D eigenvalue weighted by Crippen LogP contribution is -2.38. The molecule has 4 rings (SSSR count). The second-order valence-electron chi connectivity index (χ2n) is 8.88. The normalized spacial score (nSPS) is 19.2. The van der Waals surface area contributed by atoms with Gasteiger partial charge in [-0.25, -0.2) is 4.39 Å².